The van der Waals surface area contributed by atoms with Crippen LogP contribution in [-0.2, 0) is 0 Å². The SMILES string of the molecule is SCCNCCSS. The molecule has 8 heavy (non-hydrogen) atoms. The maximum Gasteiger partial charge on any atom is 0.0160 e. The van der Waals surface area contributed by atoms with E-state index in [1.165, 1.54) is 0 Å². The predicted octanol–water partition coefficient (Wildman–Crippen LogP) is 1.08. The van der Waals surface area contributed by atoms with Crippen molar-refractivity contribution in [3.63, 3.8) is 0 Å². The Labute approximate surface area is 65.2 Å². The van der Waals surface area contributed by atoms with E-state index < -0.39 is 0 Å². The fourth-order valence-corrected chi connectivity index (χ4v) is 0.989. The van der Waals surface area contributed by atoms with Crippen LogP contribution in [0.3, 0.4) is 0 Å². The van der Waals surface area contributed by atoms with Crippen molar-refractivity contribution in [3.05, 3.63) is 0 Å². The Hall–Kier alpha value is 1.01. The molecule has 0 aromatic carbocycles. The van der Waals surface area contributed by atoms with Gasteiger partial charge in [0, 0.05) is 24.6 Å². The molecule has 0 aliphatic rings. The molecule has 0 aromatic rings. The number of rotatable bonds is 5. The van der Waals surface area contributed by atoms with Crippen molar-refractivity contribution in [2.45, 2.75) is 0 Å². The van der Waals surface area contributed by atoms with Crippen LogP contribution in [0.2, 0.25) is 0 Å². The van der Waals surface area contributed by atoms with E-state index in [9.17, 15) is 0 Å². The minimum Gasteiger partial charge on any atom is -0.315 e. The Morgan fingerprint density at radius 1 is 1.38 bits per heavy atom. The summed E-state index contributed by atoms with van der Waals surface area (Å²) >= 11 is 8.01. The van der Waals surface area contributed by atoms with Crippen LogP contribution in [0.25, 0.3) is 0 Å². The number of hydrogen-bond acceptors (Lipinski definition) is 4. The zero-order chi connectivity index (χ0) is 6.24. The van der Waals surface area contributed by atoms with Gasteiger partial charge in [0.15, 0.2) is 0 Å². The van der Waals surface area contributed by atoms with Crippen molar-refractivity contribution in [2.24, 2.45) is 0 Å². The monoisotopic (exact) mass is 169 g/mol. The largest absolute Gasteiger partial charge is 0.315 e. The first-order valence-corrected chi connectivity index (χ1v) is 5.16. The first kappa shape index (κ1) is 9.01. The summed E-state index contributed by atoms with van der Waals surface area (Å²) in [5, 5.41) is 3.19. The zero-order valence-electron chi connectivity index (χ0n) is 4.63. The van der Waals surface area contributed by atoms with Gasteiger partial charge in [-0.25, -0.2) is 0 Å². The van der Waals surface area contributed by atoms with Gasteiger partial charge in [0.25, 0.3) is 0 Å². The average Bonchev–Trinajstić information content (AvgIpc) is 1.81. The van der Waals surface area contributed by atoms with E-state index in [0.29, 0.717) is 0 Å². The fourth-order valence-electron chi connectivity index (χ4n) is 0.322. The van der Waals surface area contributed by atoms with Gasteiger partial charge in [-0.05, 0) is 0 Å². The Kier molecular flexibility index (Phi) is 9.02. The Balaban J connectivity index is 2.53. The minimum atomic E-state index is 0.914. The van der Waals surface area contributed by atoms with Gasteiger partial charge >= 0.3 is 0 Å². The molecule has 1 nitrogen and oxygen atoms in total. The lowest BCUT2D eigenvalue weighted by molar-refractivity contribution is 0.776. The van der Waals surface area contributed by atoms with Crippen molar-refractivity contribution >= 4 is 35.1 Å². The molecule has 0 aromatic heterocycles. The van der Waals surface area contributed by atoms with E-state index in [2.05, 4.69) is 29.6 Å². The minimum absolute atomic E-state index is 0.914. The molecule has 0 aliphatic heterocycles. The third kappa shape index (κ3) is 7.01. The van der Waals surface area contributed by atoms with Crippen LogP contribution in [0.15, 0.2) is 0 Å². The number of thiol groups is 2. The van der Waals surface area contributed by atoms with Gasteiger partial charge in [0.1, 0.15) is 0 Å². The molecular weight excluding hydrogens is 158 g/mol. The Morgan fingerprint density at radius 2 is 2.12 bits per heavy atom. The molecule has 0 unspecified atom stereocenters. The van der Waals surface area contributed by atoms with Crippen molar-refractivity contribution < 1.29 is 0 Å². The lowest BCUT2D eigenvalue weighted by Gasteiger charge is -1.97. The standard InChI is InChI=1S/C4H11NS3/c6-3-1-5-2-4-8-7/h5-7H,1-4H2. The van der Waals surface area contributed by atoms with Crippen LogP contribution in [0, 0.1) is 0 Å². The van der Waals surface area contributed by atoms with Crippen molar-refractivity contribution in [2.75, 3.05) is 24.6 Å². The molecule has 0 saturated carbocycles. The highest BCUT2D eigenvalue weighted by molar-refractivity contribution is 8.68. The van der Waals surface area contributed by atoms with Gasteiger partial charge in [-0.2, -0.15) is 12.6 Å². The van der Waals surface area contributed by atoms with Crippen LogP contribution >= 0.6 is 35.1 Å². The maximum absolute atomic E-state index is 4.03. The quantitative estimate of drug-likeness (QED) is 0.323. The van der Waals surface area contributed by atoms with Crippen molar-refractivity contribution in [1.29, 1.82) is 0 Å². The van der Waals surface area contributed by atoms with Gasteiger partial charge in [-0.15, -0.1) is 11.7 Å². The third-order valence-corrected chi connectivity index (χ3v) is 1.82. The van der Waals surface area contributed by atoms with Crippen molar-refractivity contribution in [3.8, 4) is 0 Å². The second kappa shape index (κ2) is 8.01. The van der Waals surface area contributed by atoms with Crippen LogP contribution in [-0.4, -0.2) is 24.6 Å². The topological polar surface area (TPSA) is 12.0 Å². The maximum atomic E-state index is 4.03. The summed E-state index contributed by atoms with van der Waals surface area (Å²) in [6, 6.07) is 0. The van der Waals surface area contributed by atoms with Crippen LogP contribution in [0.1, 0.15) is 0 Å². The molecule has 1 N–H and O–H groups in total. The molecule has 0 fully saturated rings. The van der Waals surface area contributed by atoms with Crippen LogP contribution in [0.5, 0.6) is 0 Å². The van der Waals surface area contributed by atoms with E-state index in [-0.39, 0.29) is 0 Å². The molecule has 0 bridgehead atoms. The molecule has 0 aliphatic carbocycles. The van der Waals surface area contributed by atoms with E-state index in [4.69, 9.17) is 0 Å². The molecule has 0 heterocycles. The summed E-state index contributed by atoms with van der Waals surface area (Å²) < 4.78 is 0. The molecule has 0 atom stereocenters. The summed E-state index contributed by atoms with van der Waals surface area (Å²) in [7, 11) is 1.56. The van der Waals surface area contributed by atoms with Gasteiger partial charge in [-0.1, -0.05) is 10.8 Å². The van der Waals surface area contributed by atoms with E-state index in [1.807, 2.05) is 0 Å². The fraction of sp³-hybridized carbons (Fsp3) is 1.00. The molecule has 0 rings (SSSR count). The van der Waals surface area contributed by atoms with Gasteiger partial charge in [0.2, 0.25) is 0 Å². The van der Waals surface area contributed by atoms with Crippen molar-refractivity contribution in [1.82, 2.24) is 5.32 Å². The predicted molar refractivity (Wildman–Crippen MR) is 48.2 cm³/mol. The summed E-state index contributed by atoms with van der Waals surface area (Å²) in [5.41, 5.74) is 0. The second-order valence-corrected chi connectivity index (χ2v) is 3.20. The van der Waals surface area contributed by atoms with Crippen LogP contribution < -0.4 is 5.32 Å². The smallest absolute Gasteiger partial charge is 0.0160 e. The Morgan fingerprint density at radius 3 is 2.62 bits per heavy atom. The van der Waals surface area contributed by atoms with Gasteiger partial charge < -0.3 is 5.32 Å². The summed E-state index contributed by atoms with van der Waals surface area (Å²) in [5.74, 6) is 1.98. The molecule has 0 radical (unpaired) electrons. The molecule has 0 amide bonds. The molecule has 4 heteroatoms. The van der Waals surface area contributed by atoms with Crippen LogP contribution in [0.4, 0.5) is 0 Å². The first-order valence-electron chi connectivity index (χ1n) is 2.49. The lowest BCUT2D eigenvalue weighted by Crippen LogP contribution is -2.18. The highest BCUT2D eigenvalue weighted by atomic mass is 33.1. The zero-order valence-corrected chi connectivity index (χ0v) is 7.24. The van der Waals surface area contributed by atoms with Gasteiger partial charge in [0.05, 0.1) is 0 Å². The summed E-state index contributed by atoms with van der Waals surface area (Å²) in [6.07, 6.45) is 0. The van der Waals surface area contributed by atoms with E-state index in [1.54, 1.807) is 10.8 Å². The average molecular weight is 169 g/mol. The first-order chi connectivity index (χ1) is 3.91. The normalized spacial score (nSPS) is 9.75. The summed E-state index contributed by atoms with van der Waals surface area (Å²) in [6.45, 7) is 2.03. The molecule has 50 valence electrons. The highest BCUT2D eigenvalue weighted by Gasteiger charge is 1.81. The third-order valence-electron chi connectivity index (χ3n) is 0.659. The molecular formula is C4H11NS3. The second-order valence-electron chi connectivity index (χ2n) is 1.31. The van der Waals surface area contributed by atoms with Gasteiger partial charge in [-0.3, -0.25) is 0 Å². The Bertz CT molecular complexity index is 36.3. The van der Waals surface area contributed by atoms with E-state index >= 15 is 0 Å². The number of hydrogen-bond donors (Lipinski definition) is 3. The lowest BCUT2D eigenvalue weighted by atomic mass is 10.7. The number of nitrogens with one attached hydrogen (secondary N) is 1. The highest BCUT2D eigenvalue weighted by Crippen LogP contribution is 2.00. The summed E-state index contributed by atoms with van der Waals surface area (Å²) in [4.78, 5) is 0. The van der Waals surface area contributed by atoms with E-state index in [0.717, 1.165) is 24.6 Å². The molecule has 0 spiro atoms. The molecule has 0 saturated heterocycles.